The SMILES string of the molecule is O=C(CSc1nnc(-c2ccc(Cl)cc2)n1-c1ccccc1)c1ccc(Cl)s1. The average Bonchev–Trinajstić information content (AvgIpc) is 3.34. The molecule has 0 N–H and O–H groups in total. The van der Waals surface area contributed by atoms with Crippen LogP contribution in [-0.2, 0) is 0 Å². The highest BCUT2D eigenvalue weighted by atomic mass is 35.5. The molecule has 2 heterocycles. The van der Waals surface area contributed by atoms with E-state index < -0.39 is 0 Å². The first-order chi connectivity index (χ1) is 13.6. The van der Waals surface area contributed by atoms with Gasteiger partial charge in [-0.2, -0.15) is 0 Å². The molecule has 0 fully saturated rings. The number of para-hydroxylation sites is 1. The summed E-state index contributed by atoms with van der Waals surface area (Å²) in [6.07, 6.45) is 0. The molecule has 0 saturated heterocycles. The Morgan fingerprint density at radius 2 is 1.71 bits per heavy atom. The number of carbonyl (C=O) groups excluding carboxylic acids is 1. The third-order valence-electron chi connectivity index (χ3n) is 3.93. The lowest BCUT2D eigenvalue weighted by Gasteiger charge is -2.10. The number of halogens is 2. The Balaban J connectivity index is 1.67. The van der Waals surface area contributed by atoms with Crippen LogP contribution in [0.2, 0.25) is 9.36 Å². The molecule has 0 aliphatic heterocycles. The van der Waals surface area contributed by atoms with Crippen LogP contribution in [0.4, 0.5) is 0 Å². The molecule has 0 aliphatic rings. The molecule has 2 aromatic carbocycles. The Kier molecular flexibility index (Phi) is 5.82. The molecular formula is C20H13Cl2N3OS2. The molecule has 140 valence electrons. The highest BCUT2D eigenvalue weighted by Crippen LogP contribution is 2.30. The largest absolute Gasteiger partial charge is 0.292 e. The summed E-state index contributed by atoms with van der Waals surface area (Å²) in [6, 6.07) is 20.7. The number of nitrogens with zero attached hydrogens (tertiary/aromatic N) is 3. The Bertz CT molecular complexity index is 1110. The molecule has 0 unspecified atom stereocenters. The Labute approximate surface area is 180 Å². The number of ketones is 1. The zero-order valence-corrected chi connectivity index (χ0v) is 17.5. The Morgan fingerprint density at radius 3 is 2.39 bits per heavy atom. The maximum Gasteiger partial charge on any atom is 0.196 e. The van der Waals surface area contributed by atoms with E-state index in [-0.39, 0.29) is 11.5 Å². The predicted molar refractivity (Wildman–Crippen MR) is 116 cm³/mol. The van der Waals surface area contributed by atoms with E-state index in [1.54, 1.807) is 12.1 Å². The van der Waals surface area contributed by atoms with Gasteiger partial charge in [0.2, 0.25) is 0 Å². The van der Waals surface area contributed by atoms with Crippen molar-refractivity contribution in [3.05, 3.63) is 81.0 Å². The second kappa shape index (κ2) is 8.49. The third-order valence-corrected chi connectivity index (χ3v) is 6.38. The van der Waals surface area contributed by atoms with Crippen LogP contribution in [0.25, 0.3) is 17.1 Å². The van der Waals surface area contributed by atoms with Gasteiger partial charge in [-0.15, -0.1) is 21.5 Å². The standard InChI is InChI=1S/C20H13Cl2N3OS2/c21-14-8-6-13(7-9-14)19-23-24-20(25(19)15-4-2-1-3-5-15)27-12-16(26)17-10-11-18(22)28-17/h1-11H,12H2. The van der Waals surface area contributed by atoms with E-state index in [0.717, 1.165) is 11.3 Å². The molecular weight excluding hydrogens is 433 g/mol. The second-order valence-corrected chi connectivity index (χ2v) is 8.89. The van der Waals surface area contributed by atoms with Gasteiger partial charge in [0.25, 0.3) is 0 Å². The molecule has 4 rings (SSSR count). The molecule has 0 amide bonds. The van der Waals surface area contributed by atoms with Gasteiger partial charge in [0.05, 0.1) is 15.0 Å². The quantitative estimate of drug-likeness (QED) is 0.258. The van der Waals surface area contributed by atoms with Crippen LogP contribution < -0.4 is 0 Å². The van der Waals surface area contributed by atoms with Gasteiger partial charge in [-0.3, -0.25) is 9.36 Å². The second-order valence-electron chi connectivity index (χ2n) is 5.80. The number of rotatable bonds is 6. The maximum atomic E-state index is 12.5. The van der Waals surface area contributed by atoms with Crippen LogP contribution in [0.5, 0.6) is 0 Å². The minimum atomic E-state index is 0.0116. The van der Waals surface area contributed by atoms with Crippen molar-refractivity contribution in [2.45, 2.75) is 5.16 Å². The number of carbonyl (C=O) groups is 1. The van der Waals surface area contributed by atoms with E-state index >= 15 is 0 Å². The van der Waals surface area contributed by atoms with Gasteiger partial charge in [0.15, 0.2) is 16.8 Å². The average molecular weight is 446 g/mol. The monoisotopic (exact) mass is 445 g/mol. The van der Waals surface area contributed by atoms with Crippen LogP contribution in [0.3, 0.4) is 0 Å². The van der Waals surface area contributed by atoms with Crippen molar-refractivity contribution in [3.63, 3.8) is 0 Å². The summed E-state index contributed by atoms with van der Waals surface area (Å²) in [7, 11) is 0. The molecule has 0 spiro atoms. The van der Waals surface area contributed by atoms with Gasteiger partial charge in [0, 0.05) is 16.3 Å². The summed E-state index contributed by atoms with van der Waals surface area (Å²) in [6.45, 7) is 0. The van der Waals surface area contributed by atoms with Crippen molar-refractivity contribution in [1.82, 2.24) is 14.8 Å². The molecule has 0 saturated carbocycles. The fourth-order valence-electron chi connectivity index (χ4n) is 2.62. The van der Waals surface area contributed by atoms with Gasteiger partial charge < -0.3 is 0 Å². The molecule has 28 heavy (non-hydrogen) atoms. The van der Waals surface area contributed by atoms with E-state index in [1.165, 1.54) is 23.1 Å². The summed E-state index contributed by atoms with van der Waals surface area (Å²) in [5, 5.41) is 10.00. The van der Waals surface area contributed by atoms with E-state index in [0.29, 0.717) is 25.2 Å². The summed E-state index contributed by atoms with van der Waals surface area (Å²) < 4.78 is 2.55. The van der Waals surface area contributed by atoms with E-state index in [4.69, 9.17) is 23.2 Å². The number of aromatic nitrogens is 3. The van der Waals surface area contributed by atoms with Gasteiger partial charge in [-0.05, 0) is 48.5 Å². The smallest absolute Gasteiger partial charge is 0.196 e. The van der Waals surface area contributed by atoms with Crippen LogP contribution >= 0.6 is 46.3 Å². The normalized spacial score (nSPS) is 10.9. The van der Waals surface area contributed by atoms with Crippen molar-refractivity contribution >= 4 is 52.1 Å². The van der Waals surface area contributed by atoms with Gasteiger partial charge >= 0.3 is 0 Å². The minimum Gasteiger partial charge on any atom is -0.292 e. The van der Waals surface area contributed by atoms with Gasteiger partial charge in [-0.1, -0.05) is 53.2 Å². The van der Waals surface area contributed by atoms with Crippen LogP contribution in [0.1, 0.15) is 9.67 Å². The molecule has 0 aliphatic carbocycles. The van der Waals surface area contributed by atoms with Crippen LogP contribution in [-0.4, -0.2) is 26.3 Å². The lowest BCUT2D eigenvalue weighted by molar-refractivity contribution is 0.102. The topological polar surface area (TPSA) is 47.8 Å². The maximum absolute atomic E-state index is 12.5. The fraction of sp³-hybridized carbons (Fsp3) is 0.0500. The Morgan fingerprint density at radius 1 is 0.964 bits per heavy atom. The van der Waals surface area contributed by atoms with Crippen molar-refractivity contribution in [2.75, 3.05) is 5.75 Å². The van der Waals surface area contributed by atoms with E-state index in [2.05, 4.69) is 10.2 Å². The Hall–Kier alpha value is -2.12. The summed E-state index contributed by atoms with van der Waals surface area (Å²) >= 11 is 14.6. The van der Waals surface area contributed by atoms with Crippen molar-refractivity contribution in [3.8, 4) is 17.1 Å². The lowest BCUT2D eigenvalue weighted by atomic mass is 10.2. The summed E-state index contributed by atoms with van der Waals surface area (Å²) in [5.74, 6) is 0.956. The van der Waals surface area contributed by atoms with Crippen molar-refractivity contribution < 1.29 is 4.79 Å². The molecule has 2 aromatic heterocycles. The van der Waals surface area contributed by atoms with E-state index in [9.17, 15) is 4.79 Å². The molecule has 0 atom stereocenters. The van der Waals surface area contributed by atoms with Crippen LogP contribution in [0.15, 0.2) is 71.9 Å². The predicted octanol–water partition coefficient (Wildman–Crippen LogP) is 6.28. The molecule has 4 nitrogen and oxygen atoms in total. The highest BCUT2D eigenvalue weighted by Gasteiger charge is 2.18. The first kappa shape index (κ1) is 19.2. The summed E-state index contributed by atoms with van der Waals surface area (Å²) in [4.78, 5) is 13.1. The highest BCUT2D eigenvalue weighted by molar-refractivity contribution is 7.99. The third kappa shape index (κ3) is 4.15. The number of benzene rings is 2. The molecule has 0 bridgehead atoms. The number of thioether (sulfide) groups is 1. The number of thiophene rings is 1. The zero-order valence-electron chi connectivity index (χ0n) is 14.4. The molecule has 0 radical (unpaired) electrons. The van der Waals surface area contributed by atoms with E-state index in [1.807, 2.05) is 59.2 Å². The van der Waals surface area contributed by atoms with Gasteiger partial charge in [0.1, 0.15) is 0 Å². The fourth-order valence-corrected chi connectivity index (χ4v) is 4.66. The first-order valence-electron chi connectivity index (χ1n) is 8.30. The van der Waals surface area contributed by atoms with Gasteiger partial charge in [-0.25, -0.2) is 0 Å². The zero-order chi connectivity index (χ0) is 19.5. The number of hydrogen-bond donors (Lipinski definition) is 0. The first-order valence-corrected chi connectivity index (χ1v) is 10.9. The molecule has 4 aromatic rings. The lowest BCUT2D eigenvalue weighted by Crippen LogP contribution is -2.03. The van der Waals surface area contributed by atoms with Crippen LogP contribution in [0, 0.1) is 0 Å². The minimum absolute atomic E-state index is 0.0116. The van der Waals surface area contributed by atoms with Crippen molar-refractivity contribution in [1.29, 1.82) is 0 Å². The number of Topliss-reactive ketones (excluding diaryl/α,β-unsaturated/α-hetero) is 1. The summed E-state index contributed by atoms with van der Waals surface area (Å²) in [5.41, 5.74) is 1.82. The molecule has 8 heteroatoms. The number of hydrogen-bond acceptors (Lipinski definition) is 5. The van der Waals surface area contributed by atoms with Crippen molar-refractivity contribution in [2.24, 2.45) is 0 Å².